The van der Waals surface area contributed by atoms with Gasteiger partial charge in [0, 0.05) is 12.8 Å². The molecule has 1 heterocycles. The molecule has 1 rings (SSSR count). The fourth-order valence-corrected chi connectivity index (χ4v) is 1.96. The third kappa shape index (κ3) is 3.34. The van der Waals surface area contributed by atoms with Crippen LogP contribution in [0, 0.1) is 0 Å². The van der Waals surface area contributed by atoms with E-state index >= 15 is 0 Å². The molecule has 0 amide bonds. The number of aromatic amines is 1. The zero-order valence-electron chi connectivity index (χ0n) is 10.0. The smallest absolute Gasteiger partial charge is 0.343 e. The third-order valence-electron chi connectivity index (χ3n) is 2.08. The normalized spacial score (nSPS) is 14.4. The van der Waals surface area contributed by atoms with E-state index in [0.29, 0.717) is 5.16 Å². The number of nitrogens with one attached hydrogen (secondary N) is 1. The second-order valence-corrected chi connectivity index (χ2v) is 4.74. The molecule has 0 aromatic carbocycles. The monoisotopic (exact) mass is 260 g/mol. The van der Waals surface area contributed by atoms with Crippen molar-refractivity contribution in [2.45, 2.75) is 24.5 Å². The quantitative estimate of drug-likeness (QED) is 0.545. The molecule has 0 saturated heterocycles. The highest BCUT2D eigenvalue weighted by atomic mass is 32.2. The van der Waals surface area contributed by atoms with E-state index in [9.17, 15) is 9.59 Å². The van der Waals surface area contributed by atoms with Crippen LogP contribution in [-0.4, -0.2) is 38.6 Å². The second-order valence-electron chi connectivity index (χ2n) is 3.80. The molecule has 0 bridgehead atoms. The van der Waals surface area contributed by atoms with Crippen molar-refractivity contribution in [2.75, 3.05) is 12.4 Å². The Morgan fingerprint density at radius 3 is 2.82 bits per heavy atom. The Bertz CT molecular complexity index is 451. The largest absolute Gasteiger partial charge is 0.465 e. The average molecular weight is 260 g/mol. The van der Waals surface area contributed by atoms with Gasteiger partial charge in [-0.05, 0) is 13.8 Å². The number of H-pyrrole nitrogens is 1. The Morgan fingerprint density at radius 1 is 1.71 bits per heavy atom. The van der Waals surface area contributed by atoms with Gasteiger partial charge in [-0.25, -0.2) is 9.89 Å². The van der Waals surface area contributed by atoms with Crippen LogP contribution >= 0.6 is 11.8 Å². The highest BCUT2D eigenvalue weighted by Gasteiger charge is 2.30. The SMILES string of the molecule is CCOC(=O)C(C)(N)CSc1n[nH]c(=O)n1C. The summed E-state index contributed by atoms with van der Waals surface area (Å²) in [6.45, 7) is 3.60. The van der Waals surface area contributed by atoms with Crippen molar-refractivity contribution >= 4 is 17.7 Å². The number of aromatic nitrogens is 3. The summed E-state index contributed by atoms with van der Waals surface area (Å²) in [6, 6.07) is 0. The number of carbonyl (C=O) groups excluding carboxylic acids is 1. The number of nitrogens with two attached hydrogens (primary N) is 1. The zero-order chi connectivity index (χ0) is 13.1. The molecule has 0 aliphatic heterocycles. The van der Waals surface area contributed by atoms with Crippen LogP contribution in [-0.2, 0) is 16.6 Å². The van der Waals surface area contributed by atoms with Crippen LogP contribution in [0.1, 0.15) is 13.8 Å². The summed E-state index contributed by atoms with van der Waals surface area (Å²) in [6.07, 6.45) is 0. The third-order valence-corrected chi connectivity index (χ3v) is 3.45. The van der Waals surface area contributed by atoms with Crippen LogP contribution in [0.25, 0.3) is 0 Å². The van der Waals surface area contributed by atoms with Crippen LogP contribution in [0.4, 0.5) is 0 Å². The summed E-state index contributed by atoms with van der Waals surface area (Å²) in [4.78, 5) is 22.6. The molecule has 0 saturated carbocycles. The first-order valence-electron chi connectivity index (χ1n) is 5.08. The highest BCUT2D eigenvalue weighted by Crippen LogP contribution is 2.18. The van der Waals surface area contributed by atoms with Gasteiger partial charge in [0.05, 0.1) is 6.61 Å². The first-order valence-corrected chi connectivity index (χ1v) is 6.07. The van der Waals surface area contributed by atoms with Crippen molar-refractivity contribution in [3.8, 4) is 0 Å². The average Bonchev–Trinajstić information content (AvgIpc) is 2.58. The molecule has 0 aliphatic rings. The van der Waals surface area contributed by atoms with Crippen LogP contribution in [0.2, 0.25) is 0 Å². The molecule has 1 aromatic rings. The number of nitrogens with zero attached hydrogens (tertiary/aromatic N) is 2. The minimum atomic E-state index is -1.10. The molecule has 3 N–H and O–H groups in total. The number of hydrogen-bond acceptors (Lipinski definition) is 6. The molecule has 1 unspecified atom stereocenters. The number of rotatable bonds is 5. The summed E-state index contributed by atoms with van der Waals surface area (Å²) in [5, 5.41) is 6.59. The van der Waals surface area contributed by atoms with E-state index in [1.807, 2.05) is 0 Å². The van der Waals surface area contributed by atoms with Gasteiger partial charge in [-0.3, -0.25) is 9.36 Å². The van der Waals surface area contributed by atoms with Crippen molar-refractivity contribution in [2.24, 2.45) is 12.8 Å². The number of hydrogen-bond donors (Lipinski definition) is 2. The van der Waals surface area contributed by atoms with Gasteiger partial charge in [0.2, 0.25) is 0 Å². The Labute approximate surface area is 103 Å². The van der Waals surface area contributed by atoms with E-state index in [1.54, 1.807) is 20.9 Å². The van der Waals surface area contributed by atoms with E-state index in [4.69, 9.17) is 10.5 Å². The summed E-state index contributed by atoms with van der Waals surface area (Å²) in [7, 11) is 1.59. The predicted molar refractivity (Wildman–Crippen MR) is 63.8 cm³/mol. The summed E-state index contributed by atoms with van der Waals surface area (Å²) >= 11 is 1.22. The number of carbonyl (C=O) groups is 1. The highest BCUT2D eigenvalue weighted by molar-refractivity contribution is 7.99. The van der Waals surface area contributed by atoms with E-state index in [1.165, 1.54) is 16.3 Å². The zero-order valence-corrected chi connectivity index (χ0v) is 10.8. The maximum atomic E-state index is 11.5. The minimum Gasteiger partial charge on any atom is -0.465 e. The summed E-state index contributed by atoms with van der Waals surface area (Å²) < 4.78 is 6.21. The maximum absolute atomic E-state index is 11.5. The van der Waals surface area contributed by atoms with Gasteiger partial charge in [0.15, 0.2) is 5.16 Å². The first-order chi connectivity index (χ1) is 7.88. The topological polar surface area (TPSA) is 103 Å². The number of ether oxygens (including phenoxy) is 1. The van der Waals surface area contributed by atoms with Crippen LogP contribution in [0.5, 0.6) is 0 Å². The Kier molecular flexibility index (Phi) is 4.35. The molecule has 0 aliphatic carbocycles. The molecule has 1 aromatic heterocycles. The molecule has 8 heteroatoms. The van der Waals surface area contributed by atoms with E-state index in [-0.39, 0.29) is 18.0 Å². The lowest BCUT2D eigenvalue weighted by Gasteiger charge is -2.21. The van der Waals surface area contributed by atoms with Gasteiger partial charge in [-0.1, -0.05) is 11.8 Å². The van der Waals surface area contributed by atoms with Gasteiger partial charge in [-0.15, -0.1) is 5.10 Å². The lowest BCUT2D eigenvalue weighted by molar-refractivity contribution is -0.148. The Hall–Kier alpha value is -1.28. The standard InChI is InChI=1S/C9H16N4O3S/c1-4-16-6(14)9(2,10)5-17-8-12-11-7(15)13(8)3/h4-5,10H2,1-3H3,(H,11,15). The molecule has 17 heavy (non-hydrogen) atoms. The van der Waals surface area contributed by atoms with E-state index < -0.39 is 11.5 Å². The van der Waals surface area contributed by atoms with Gasteiger partial charge >= 0.3 is 11.7 Å². The molecule has 0 fully saturated rings. The fourth-order valence-electron chi connectivity index (χ4n) is 1.03. The molecule has 0 spiro atoms. The van der Waals surface area contributed by atoms with Gasteiger partial charge in [0.1, 0.15) is 5.54 Å². The Morgan fingerprint density at radius 2 is 2.35 bits per heavy atom. The molecule has 96 valence electrons. The number of thioether (sulfide) groups is 1. The van der Waals surface area contributed by atoms with Crippen molar-refractivity contribution in [3.05, 3.63) is 10.5 Å². The number of esters is 1. The van der Waals surface area contributed by atoms with Crippen molar-refractivity contribution in [1.82, 2.24) is 14.8 Å². The van der Waals surface area contributed by atoms with Crippen molar-refractivity contribution < 1.29 is 9.53 Å². The lowest BCUT2D eigenvalue weighted by Crippen LogP contribution is -2.48. The first kappa shape index (κ1) is 13.8. The second kappa shape index (κ2) is 5.37. The maximum Gasteiger partial charge on any atom is 0.343 e. The summed E-state index contributed by atoms with van der Waals surface area (Å²) in [5.74, 6) is -0.183. The predicted octanol–water partition coefficient (Wildman–Crippen LogP) is -0.519. The van der Waals surface area contributed by atoms with Crippen molar-refractivity contribution in [3.63, 3.8) is 0 Å². The Balaban J connectivity index is 2.64. The van der Waals surface area contributed by atoms with Crippen molar-refractivity contribution in [1.29, 1.82) is 0 Å². The van der Waals surface area contributed by atoms with E-state index in [2.05, 4.69) is 10.2 Å². The molecule has 1 atom stereocenters. The fraction of sp³-hybridized carbons (Fsp3) is 0.667. The summed E-state index contributed by atoms with van der Waals surface area (Å²) in [5.41, 5.74) is 4.43. The minimum absolute atomic E-state index is 0.282. The molecule has 7 nitrogen and oxygen atoms in total. The molecule has 0 radical (unpaired) electrons. The van der Waals surface area contributed by atoms with E-state index in [0.717, 1.165) is 0 Å². The molecular weight excluding hydrogens is 244 g/mol. The lowest BCUT2D eigenvalue weighted by atomic mass is 10.1. The van der Waals surface area contributed by atoms with Gasteiger partial charge in [0.25, 0.3) is 0 Å². The van der Waals surface area contributed by atoms with Crippen LogP contribution < -0.4 is 11.4 Å². The van der Waals surface area contributed by atoms with Crippen LogP contribution in [0.3, 0.4) is 0 Å². The van der Waals surface area contributed by atoms with Gasteiger partial charge in [-0.2, -0.15) is 0 Å². The van der Waals surface area contributed by atoms with Gasteiger partial charge < -0.3 is 10.5 Å². The van der Waals surface area contributed by atoms with Crippen LogP contribution in [0.15, 0.2) is 9.95 Å². The molecular formula is C9H16N4O3S.